The van der Waals surface area contributed by atoms with E-state index in [4.69, 9.17) is 0 Å². The number of hydrogen-bond acceptors (Lipinski definition) is 5. The summed E-state index contributed by atoms with van der Waals surface area (Å²) >= 11 is 1.10. The van der Waals surface area contributed by atoms with Crippen molar-refractivity contribution in [3.63, 3.8) is 0 Å². The summed E-state index contributed by atoms with van der Waals surface area (Å²) < 4.78 is 5.80. The lowest BCUT2D eigenvalue weighted by molar-refractivity contribution is -0.772. The second-order valence-electron chi connectivity index (χ2n) is 4.37. The molecule has 20 heavy (non-hydrogen) atoms. The number of amides is 1. The third kappa shape index (κ3) is 3.11. The van der Waals surface area contributed by atoms with E-state index in [1.165, 1.54) is 4.68 Å². The Bertz CT molecular complexity index is 620. The number of hydrogen-bond donors (Lipinski definition) is 1. The van der Waals surface area contributed by atoms with Crippen LogP contribution in [0.1, 0.15) is 11.1 Å². The summed E-state index contributed by atoms with van der Waals surface area (Å²) in [5.41, 5.74) is 2.93. The minimum absolute atomic E-state index is 0.123. The average Bonchev–Trinajstić information content (AvgIpc) is 2.72. The van der Waals surface area contributed by atoms with E-state index in [1.54, 1.807) is 7.05 Å². The summed E-state index contributed by atoms with van der Waals surface area (Å²) in [5.74, 6) is -0.584. The summed E-state index contributed by atoms with van der Waals surface area (Å²) in [5, 5.41) is 17.9. The monoisotopic (exact) mass is 293 g/mol. The lowest BCUT2D eigenvalue weighted by Crippen LogP contribution is -2.32. The number of thioether (sulfide) groups is 1. The van der Waals surface area contributed by atoms with Gasteiger partial charge in [-0.25, -0.2) is 0 Å². The van der Waals surface area contributed by atoms with Gasteiger partial charge in [0.05, 0.1) is 11.0 Å². The van der Waals surface area contributed by atoms with Gasteiger partial charge in [0.2, 0.25) is 5.91 Å². The van der Waals surface area contributed by atoms with E-state index in [2.05, 4.69) is 15.1 Å². The quantitative estimate of drug-likeness (QED) is 0.669. The largest absolute Gasteiger partial charge is 0.538 e. The molecule has 0 spiro atoms. The summed E-state index contributed by atoms with van der Waals surface area (Å²) in [6.45, 7) is 3.94. The van der Waals surface area contributed by atoms with Crippen LogP contribution in [0.3, 0.4) is 0 Å². The molecule has 6 nitrogen and oxygen atoms in total. The Morgan fingerprint density at radius 3 is 2.90 bits per heavy atom. The molecular weight excluding hydrogens is 278 g/mol. The van der Waals surface area contributed by atoms with Gasteiger partial charge in [-0.15, -0.1) is 0 Å². The Hall–Kier alpha value is -2.02. The molecule has 0 aliphatic carbocycles. The maximum atomic E-state index is 11.9. The Kier molecular flexibility index (Phi) is 4.29. The first-order chi connectivity index (χ1) is 9.49. The number of aryl methyl sites for hydroxylation is 2. The Morgan fingerprint density at radius 1 is 1.50 bits per heavy atom. The molecule has 0 unspecified atom stereocenters. The number of rotatable bonds is 4. The molecule has 1 amide bonds. The fourth-order valence-corrected chi connectivity index (χ4v) is 2.38. The lowest BCUT2D eigenvalue weighted by Gasteiger charge is -2.09. The molecule has 0 atom stereocenters. The van der Waals surface area contributed by atoms with E-state index in [0.717, 1.165) is 28.6 Å². The Morgan fingerprint density at radius 2 is 2.25 bits per heavy atom. The van der Waals surface area contributed by atoms with Crippen LogP contribution in [-0.2, 0) is 11.8 Å². The average molecular weight is 293 g/mol. The SMILES string of the molecule is Cc1cccc(NC(=O)CSc2c([O-])on[n+]2C)c1C. The van der Waals surface area contributed by atoms with Gasteiger partial charge in [-0.1, -0.05) is 16.8 Å². The van der Waals surface area contributed by atoms with Gasteiger partial charge in [-0.3, -0.25) is 4.79 Å². The van der Waals surface area contributed by atoms with Crippen molar-refractivity contribution in [1.29, 1.82) is 0 Å². The van der Waals surface area contributed by atoms with Crippen LogP contribution < -0.4 is 15.1 Å². The van der Waals surface area contributed by atoms with E-state index in [-0.39, 0.29) is 11.7 Å². The minimum atomic E-state index is -0.531. The smallest absolute Gasteiger partial charge is 0.291 e. The van der Waals surface area contributed by atoms with Crippen LogP contribution in [0.2, 0.25) is 0 Å². The first-order valence-electron chi connectivity index (χ1n) is 6.01. The molecule has 0 saturated heterocycles. The predicted octanol–water partition coefficient (Wildman–Crippen LogP) is 0.920. The molecule has 0 aliphatic rings. The van der Waals surface area contributed by atoms with E-state index in [9.17, 15) is 9.90 Å². The van der Waals surface area contributed by atoms with E-state index >= 15 is 0 Å². The van der Waals surface area contributed by atoms with Crippen molar-refractivity contribution < 1.29 is 19.1 Å². The number of nitrogens with zero attached hydrogens (tertiary/aromatic N) is 2. The maximum Gasteiger partial charge on any atom is 0.291 e. The van der Waals surface area contributed by atoms with Gasteiger partial charge in [0, 0.05) is 5.69 Å². The van der Waals surface area contributed by atoms with E-state index in [1.807, 2.05) is 32.0 Å². The Balaban J connectivity index is 1.98. The minimum Gasteiger partial charge on any atom is -0.538 e. The van der Waals surface area contributed by atoms with Crippen LogP contribution in [0.15, 0.2) is 27.7 Å². The van der Waals surface area contributed by atoms with Gasteiger partial charge < -0.3 is 14.9 Å². The van der Waals surface area contributed by atoms with Crippen molar-refractivity contribution in [2.75, 3.05) is 11.1 Å². The lowest BCUT2D eigenvalue weighted by atomic mass is 10.1. The van der Waals surface area contributed by atoms with Crippen molar-refractivity contribution in [2.24, 2.45) is 7.05 Å². The number of carbonyl (C=O) groups excluding carboxylic acids is 1. The van der Waals surface area contributed by atoms with Crippen LogP contribution in [0.4, 0.5) is 5.69 Å². The van der Waals surface area contributed by atoms with Gasteiger partial charge in [0.1, 0.15) is 0 Å². The zero-order chi connectivity index (χ0) is 14.7. The molecule has 1 heterocycles. The van der Waals surface area contributed by atoms with E-state index < -0.39 is 5.95 Å². The molecule has 7 heteroatoms. The van der Waals surface area contributed by atoms with Gasteiger partial charge in [0.25, 0.3) is 5.03 Å². The molecule has 2 rings (SSSR count). The van der Waals surface area contributed by atoms with Crippen molar-refractivity contribution >= 4 is 23.4 Å². The highest BCUT2D eigenvalue weighted by atomic mass is 32.2. The summed E-state index contributed by atoms with van der Waals surface area (Å²) in [6, 6.07) is 5.73. The molecule has 0 aliphatic heterocycles. The highest BCUT2D eigenvalue weighted by molar-refractivity contribution is 7.99. The van der Waals surface area contributed by atoms with Crippen molar-refractivity contribution in [3.05, 3.63) is 29.3 Å². The molecule has 0 saturated carbocycles. The second-order valence-corrected chi connectivity index (χ2v) is 5.34. The molecule has 1 N–H and O–H groups in total. The highest BCUT2D eigenvalue weighted by Crippen LogP contribution is 2.22. The summed E-state index contributed by atoms with van der Waals surface area (Å²) in [7, 11) is 1.59. The third-order valence-electron chi connectivity index (χ3n) is 2.93. The molecule has 1 aromatic heterocycles. The number of aromatic nitrogens is 2. The highest BCUT2D eigenvalue weighted by Gasteiger charge is 2.16. The molecule has 0 fully saturated rings. The second kappa shape index (κ2) is 5.96. The zero-order valence-corrected chi connectivity index (χ0v) is 12.3. The topological polar surface area (TPSA) is 82.1 Å². The molecule has 1 aromatic carbocycles. The molecule has 0 bridgehead atoms. The maximum absolute atomic E-state index is 11.9. The fourth-order valence-electron chi connectivity index (χ4n) is 1.67. The number of nitrogens with one attached hydrogen (secondary N) is 1. The number of benzene rings is 1. The summed E-state index contributed by atoms with van der Waals surface area (Å²) in [4.78, 5) is 11.9. The van der Waals surface area contributed by atoms with Gasteiger partial charge >= 0.3 is 0 Å². The van der Waals surface area contributed by atoms with Gasteiger partial charge in [-0.2, -0.15) is 0 Å². The van der Waals surface area contributed by atoms with Crippen molar-refractivity contribution in [2.45, 2.75) is 18.9 Å². The van der Waals surface area contributed by atoms with Crippen molar-refractivity contribution in [1.82, 2.24) is 5.27 Å². The van der Waals surface area contributed by atoms with Crippen LogP contribution in [0.5, 0.6) is 5.95 Å². The molecule has 0 radical (unpaired) electrons. The standard InChI is InChI=1S/C13H15N3O3S/c1-8-5-4-6-10(9(8)2)14-11(17)7-20-12-13(18)19-15-16(12)3/h4-6H,7H2,1-3H3,(H-,14,15,17,18). The molecular formula is C13H15N3O3S. The first kappa shape index (κ1) is 14.4. The van der Waals surface area contributed by atoms with Crippen LogP contribution in [0, 0.1) is 13.8 Å². The Labute approximate surface area is 120 Å². The first-order valence-corrected chi connectivity index (χ1v) is 6.99. The fraction of sp³-hybridized carbons (Fsp3) is 0.308. The van der Waals surface area contributed by atoms with Crippen LogP contribution >= 0.6 is 11.8 Å². The van der Waals surface area contributed by atoms with Crippen LogP contribution in [0.25, 0.3) is 0 Å². The normalized spacial score (nSPS) is 10.6. The van der Waals surface area contributed by atoms with Crippen LogP contribution in [-0.4, -0.2) is 16.9 Å². The zero-order valence-electron chi connectivity index (χ0n) is 11.5. The predicted molar refractivity (Wildman–Crippen MR) is 72.4 cm³/mol. The molecule has 106 valence electrons. The third-order valence-corrected chi connectivity index (χ3v) is 4.04. The van der Waals surface area contributed by atoms with Gasteiger partial charge in [0.15, 0.2) is 13.0 Å². The van der Waals surface area contributed by atoms with Gasteiger partial charge in [-0.05, 0) is 42.8 Å². The van der Waals surface area contributed by atoms with E-state index in [0.29, 0.717) is 5.03 Å². The number of anilines is 1. The summed E-state index contributed by atoms with van der Waals surface area (Å²) in [6.07, 6.45) is 0. The molecule has 2 aromatic rings. The van der Waals surface area contributed by atoms with Crippen molar-refractivity contribution in [3.8, 4) is 5.95 Å². The number of carbonyl (C=O) groups is 1.